The Kier molecular flexibility index (Phi) is 4.22. The van der Waals surface area contributed by atoms with Crippen LogP contribution in [0.2, 0.25) is 0 Å². The molecule has 0 saturated carbocycles. The minimum Gasteiger partial charge on any atom is -0.313 e. The second-order valence-corrected chi connectivity index (χ2v) is 5.73. The van der Waals surface area contributed by atoms with Crippen LogP contribution in [0.3, 0.4) is 0 Å². The predicted octanol–water partition coefficient (Wildman–Crippen LogP) is 3.29. The third-order valence-corrected chi connectivity index (χ3v) is 3.92. The molecule has 4 nitrogen and oxygen atoms in total. The average molecular weight is 343 g/mol. The van der Waals surface area contributed by atoms with Crippen molar-refractivity contribution in [3.05, 3.63) is 64.7 Å². The van der Waals surface area contributed by atoms with Gasteiger partial charge < -0.3 is 5.32 Å². The third-order valence-electron chi connectivity index (χ3n) is 3.45. The van der Waals surface area contributed by atoms with Crippen molar-refractivity contribution in [2.24, 2.45) is 0 Å². The summed E-state index contributed by atoms with van der Waals surface area (Å²) >= 11 is 3.41. The van der Waals surface area contributed by atoms with Crippen LogP contribution in [0.15, 0.2) is 53.4 Å². The topological polar surface area (TPSA) is 50.7 Å². The van der Waals surface area contributed by atoms with Crippen LogP contribution in [0.4, 0.5) is 0 Å². The van der Waals surface area contributed by atoms with E-state index < -0.39 is 0 Å². The molecule has 0 saturated heterocycles. The second-order valence-electron chi connectivity index (χ2n) is 4.82. The van der Waals surface area contributed by atoms with Crippen molar-refractivity contribution >= 4 is 27.0 Å². The Labute approximate surface area is 131 Å². The maximum Gasteiger partial charge on any atom is 0.0890 e. The fourth-order valence-corrected chi connectivity index (χ4v) is 2.55. The van der Waals surface area contributed by atoms with Crippen molar-refractivity contribution in [2.75, 3.05) is 7.05 Å². The number of nitrogens with zero attached hydrogens (tertiary/aromatic N) is 3. The van der Waals surface area contributed by atoms with Crippen LogP contribution >= 0.6 is 15.9 Å². The maximum absolute atomic E-state index is 4.44. The first-order chi connectivity index (χ1) is 10.3. The Morgan fingerprint density at radius 2 is 1.86 bits per heavy atom. The first-order valence-corrected chi connectivity index (χ1v) is 7.54. The van der Waals surface area contributed by atoms with Crippen LogP contribution in [0.25, 0.3) is 11.0 Å². The molecule has 21 heavy (non-hydrogen) atoms. The SMILES string of the molecule is CNC(Cc1ccc(Br)cn1)c1ccc2nccnc2c1. The lowest BCUT2D eigenvalue weighted by atomic mass is 10.0. The minimum atomic E-state index is 0.199. The second kappa shape index (κ2) is 6.28. The molecule has 3 aromatic rings. The van der Waals surface area contributed by atoms with E-state index >= 15 is 0 Å². The summed E-state index contributed by atoms with van der Waals surface area (Å²) < 4.78 is 0.994. The van der Waals surface area contributed by atoms with Gasteiger partial charge in [-0.05, 0) is 52.8 Å². The molecule has 1 unspecified atom stereocenters. The number of likely N-dealkylation sites (N-methyl/N-ethyl adjacent to an activating group) is 1. The van der Waals surface area contributed by atoms with Crippen molar-refractivity contribution in [2.45, 2.75) is 12.5 Å². The van der Waals surface area contributed by atoms with E-state index in [1.54, 1.807) is 12.4 Å². The van der Waals surface area contributed by atoms with Gasteiger partial charge in [0.05, 0.1) is 11.0 Å². The van der Waals surface area contributed by atoms with E-state index in [0.717, 1.165) is 27.6 Å². The summed E-state index contributed by atoms with van der Waals surface area (Å²) in [5.41, 5.74) is 4.07. The van der Waals surface area contributed by atoms with Gasteiger partial charge in [0.1, 0.15) is 0 Å². The van der Waals surface area contributed by atoms with Gasteiger partial charge in [0, 0.05) is 41.2 Å². The predicted molar refractivity (Wildman–Crippen MR) is 87.0 cm³/mol. The van der Waals surface area contributed by atoms with E-state index in [9.17, 15) is 0 Å². The molecule has 3 rings (SSSR count). The number of benzene rings is 1. The number of nitrogens with one attached hydrogen (secondary N) is 1. The Balaban J connectivity index is 1.88. The number of halogens is 1. The van der Waals surface area contributed by atoms with Crippen LogP contribution in [0.5, 0.6) is 0 Å². The highest BCUT2D eigenvalue weighted by atomic mass is 79.9. The molecule has 1 N–H and O–H groups in total. The van der Waals surface area contributed by atoms with Crippen molar-refractivity contribution < 1.29 is 0 Å². The molecule has 0 bridgehead atoms. The first kappa shape index (κ1) is 14.1. The van der Waals surface area contributed by atoms with Gasteiger partial charge in [0.25, 0.3) is 0 Å². The monoisotopic (exact) mass is 342 g/mol. The Morgan fingerprint density at radius 3 is 2.57 bits per heavy atom. The molecule has 0 aliphatic heterocycles. The summed E-state index contributed by atoms with van der Waals surface area (Å²) in [5, 5.41) is 3.35. The largest absolute Gasteiger partial charge is 0.313 e. The summed E-state index contributed by atoms with van der Waals surface area (Å²) in [5.74, 6) is 0. The number of hydrogen-bond donors (Lipinski definition) is 1. The number of hydrogen-bond acceptors (Lipinski definition) is 4. The number of rotatable bonds is 4. The zero-order valence-electron chi connectivity index (χ0n) is 11.6. The molecule has 0 spiro atoms. The van der Waals surface area contributed by atoms with E-state index in [-0.39, 0.29) is 6.04 Å². The zero-order valence-corrected chi connectivity index (χ0v) is 13.2. The Morgan fingerprint density at radius 1 is 1.05 bits per heavy atom. The normalized spacial score (nSPS) is 12.5. The van der Waals surface area contributed by atoms with E-state index in [2.05, 4.69) is 48.3 Å². The van der Waals surface area contributed by atoms with Crippen molar-refractivity contribution in [3.8, 4) is 0 Å². The van der Waals surface area contributed by atoms with Gasteiger partial charge in [-0.3, -0.25) is 15.0 Å². The zero-order chi connectivity index (χ0) is 14.7. The molecule has 0 radical (unpaired) electrons. The summed E-state index contributed by atoms with van der Waals surface area (Å²) in [6.45, 7) is 0. The molecular weight excluding hydrogens is 328 g/mol. The summed E-state index contributed by atoms with van der Waals surface area (Å²) in [4.78, 5) is 13.1. The van der Waals surface area contributed by atoms with E-state index in [1.165, 1.54) is 5.56 Å². The highest BCUT2D eigenvalue weighted by Crippen LogP contribution is 2.21. The molecule has 0 amide bonds. The van der Waals surface area contributed by atoms with Crippen molar-refractivity contribution in [3.63, 3.8) is 0 Å². The van der Waals surface area contributed by atoms with Gasteiger partial charge in [-0.25, -0.2) is 0 Å². The highest BCUT2D eigenvalue weighted by Gasteiger charge is 2.12. The molecule has 0 aliphatic rings. The molecule has 1 aromatic carbocycles. The van der Waals surface area contributed by atoms with Crippen molar-refractivity contribution in [1.29, 1.82) is 0 Å². The van der Waals surface area contributed by atoms with Gasteiger partial charge in [0.2, 0.25) is 0 Å². The van der Waals surface area contributed by atoms with Crippen LogP contribution in [0.1, 0.15) is 17.3 Å². The molecular formula is C16H15BrN4. The van der Waals surface area contributed by atoms with Crippen molar-refractivity contribution in [1.82, 2.24) is 20.3 Å². The van der Waals surface area contributed by atoms with Gasteiger partial charge in [-0.1, -0.05) is 6.07 Å². The van der Waals surface area contributed by atoms with E-state index in [1.807, 2.05) is 31.4 Å². The van der Waals surface area contributed by atoms with E-state index in [0.29, 0.717) is 0 Å². The fraction of sp³-hybridized carbons (Fsp3) is 0.188. The lowest BCUT2D eigenvalue weighted by molar-refractivity contribution is 0.585. The van der Waals surface area contributed by atoms with Crippen LogP contribution in [0, 0.1) is 0 Å². The Bertz CT molecular complexity index is 743. The van der Waals surface area contributed by atoms with Crippen LogP contribution in [-0.4, -0.2) is 22.0 Å². The van der Waals surface area contributed by atoms with Crippen LogP contribution < -0.4 is 5.32 Å². The molecule has 5 heteroatoms. The quantitative estimate of drug-likeness (QED) is 0.790. The maximum atomic E-state index is 4.44. The smallest absolute Gasteiger partial charge is 0.0890 e. The molecule has 2 heterocycles. The summed E-state index contributed by atoms with van der Waals surface area (Å²) in [6, 6.07) is 10.4. The molecule has 106 valence electrons. The number of fused-ring (bicyclic) bond motifs is 1. The fourth-order valence-electron chi connectivity index (χ4n) is 2.32. The highest BCUT2D eigenvalue weighted by molar-refractivity contribution is 9.10. The van der Waals surface area contributed by atoms with Gasteiger partial charge in [-0.2, -0.15) is 0 Å². The summed E-state index contributed by atoms with van der Waals surface area (Å²) in [6.07, 6.45) is 6.09. The van der Waals surface area contributed by atoms with Gasteiger partial charge in [0.15, 0.2) is 0 Å². The molecule has 0 fully saturated rings. The van der Waals surface area contributed by atoms with Gasteiger partial charge >= 0.3 is 0 Å². The summed E-state index contributed by atoms with van der Waals surface area (Å²) in [7, 11) is 1.96. The third kappa shape index (κ3) is 3.25. The standard InChI is InChI=1S/C16H15BrN4/c1-18-15(9-13-4-3-12(17)10-21-13)11-2-5-14-16(8-11)20-7-6-19-14/h2-8,10,15,18H,9H2,1H3. The molecule has 1 atom stereocenters. The number of aromatic nitrogens is 3. The molecule has 0 aliphatic carbocycles. The van der Waals surface area contributed by atoms with Crippen LogP contribution in [-0.2, 0) is 6.42 Å². The number of pyridine rings is 1. The van der Waals surface area contributed by atoms with E-state index in [4.69, 9.17) is 0 Å². The minimum absolute atomic E-state index is 0.199. The Hall–Kier alpha value is -1.85. The van der Waals surface area contributed by atoms with Gasteiger partial charge in [-0.15, -0.1) is 0 Å². The average Bonchev–Trinajstić information content (AvgIpc) is 2.54. The lowest BCUT2D eigenvalue weighted by Crippen LogP contribution is -2.19. The molecule has 2 aromatic heterocycles. The first-order valence-electron chi connectivity index (χ1n) is 6.74. The lowest BCUT2D eigenvalue weighted by Gasteiger charge is -2.16.